The van der Waals surface area contributed by atoms with Crippen molar-refractivity contribution in [2.75, 3.05) is 7.11 Å². The van der Waals surface area contributed by atoms with E-state index in [2.05, 4.69) is 36.2 Å². The fourth-order valence-electron chi connectivity index (χ4n) is 2.15. The predicted octanol–water partition coefficient (Wildman–Crippen LogP) is 2.64. The molecule has 3 nitrogen and oxygen atoms in total. The summed E-state index contributed by atoms with van der Waals surface area (Å²) in [6.45, 7) is 2.59. The molecule has 0 aliphatic carbocycles. The number of nitrogens with zero attached hydrogens (tertiary/aromatic N) is 1. The SMILES string of the molecule is COc1cnc(CCc2cccc(C)c2)cc1CN. The van der Waals surface area contributed by atoms with E-state index in [0.717, 1.165) is 29.8 Å². The van der Waals surface area contributed by atoms with Gasteiger partial charge in [-0.05, 0) is 31.4 Å². The van der Waals surface area contributed by atoms with Gasteiger partial charge in [0.2, 0.25) is 0 Å². The molecular formula is C16H20N2O. The third-order valence-corrected chi connectivity index (χ3v) is 3.20. The standard InChI is InChI=1S/C16H20N2O/c1-12-4-3-5-13(8-12)6-7-15-9-14(10-17)16(19-2)11-18-15/h3-5,8-9,11H,6-7,10,17H2,1-2H3. The van der Waals surface area contributed by atoms with E-state index in [-0.39, 0.29) is 0 Å². The van der Waals surface area contributed by atoms with Crippen molar-refractivity contribution in [2.24, 2.45) is 5.73 Å². The lowest BCUT2D eigenvalue weighted by Gasteiger charge is -2.08. The molecule has 19 heavy (non-hydrogen) atoms. The van der Waals surface area contributed by atoms with E-state index < -0.39 is 0 Å². The second-order valence-corrected chi connectivity index (χ2v) is 4.68. The monoisotopic (exact) mass is 256 g/mol. The van der Waals surface area contributed by atoms with Crippen LogP contribution in [-0.2, 0) is 19.4 Å². The van der Waals surface area contributed by atoms with Crippen LogP contribution in [0.15, 0.2) is 36.5 Å². The highest BCUT2D eigenvalue weighted by Gasteiger charge is 2.04. The summed E-state index contributed by atoms with van der Waals surface area (Å²) in [7, 11) is 1.64. The highest BCUT2D eigenvalue weighted by atomic mass is 16.5. The minimum Gasteiger partial charge on any atom is -0.495 e. The van der Waals surface area contributed by atoms with E-state index in [9.17, 15) is 0 Å². The molecule has 0 unspecified atom stereocenters. The van der Waals surface area contributed by atoms with Crippen LogP contribution in [0.25, 0.3) is 0 Å². The maximum absolute atomic E-state index is 5.71. The van der Waals surface area contributed by atoms with Gasteiger partial charge < -0.3 is 10.5 Å². The van der Waals surface area contributed by atoms with Gasteiger partial charge in [-0.25, -0.2) is 0 Å². The Bertz CT molecular complexity index is 552. The normalized spacial score (nSPS) is 10.5. The maximum atomic E-state index is 5.71. The molecule has 2 aromatic rings. The largest absolute Gasteiger partial charge is 0.495 e. The Kier molecular flexibility index (Phi) is 4.53. The highest BCUT2D eigenvalue weighted by molar-refractivity contribution is 5.33. The van der Waals surface area contributed by atoms with Crippen molar-refractivity contribution in [3.05, 3.63) is 58.9 Å². The Morgan fingerprint density at radius 3 is 2.74 bits per heavy atom. The van der Waals surface area contributed by atoms with Gasteiger partial charge in [0, 0.05) is 17.8 Å². The number of ether oxygens (including phenoxy) is 1. The van der Waals surface area contributed by atoms with Gasteiger partial charge in [-0.15, -0.1) is 0 Å². The number of pyridine rings is 1. The van der Waals surface area contributed by atoms with E-state index in [1.54, 1.807) is 13.3 Å². The Labute approximate surface area is 114 Å². The van der Waals surface area contributed by atoms with E-state index in [4.69, 9.17) is 10.5 Å². The smallest absolute Gasteiger partial charge is 0.141 e. The number of aryl methyl sites for hydroxylation is 3. The van der Waals surface area contributed by atoms with E-state index in [0.29, 0.717) is 6.54 Å². The molecule has 0 aliphatic rings. The summed E-state index contributed by atoms with van der Waals surface area (Å²) in [5.41, 5.74) is 10.4. The maximum Gasteiger partial charge on any atom is 0.141 e. The third-order valence-electron chi connectivity index (χ3n) is 3.20. The Morgan fingerprint density at radius 2 is 2.05 bits per heavy atom. The van der Waals surface area contributed by atoms with Crippen LogP contribution in [0.5, 0.6) is 5.75 Å². The zero-order chi connectivity index (χ0) is 13.7. The number of nitrogens with two attached hydrogens (primary N) is 1. The topological polar surface area (TPSA) is 48.1 Å². The van der Waals surface area contributed by atoms with Crippen LogP contribution in [0.1, 0.15) is 22.4 Å². The number of hydrogen-bond donors (Lipinski definition) is 1. The quantitative estimate of drug-likeness (QED) is 0.894. The van der Waals surface area contributed by atoms with Crippen LogP contribution in [0, 0.1) is 6.92 Å². The van der Waals surface area contributed by atoms with Crippen molar-refractivity contribution in [2.45, 2.75) is 26.3 Å². The molecule has 3 heteroatoms. The lowest BCUT2D eigenvalue weighted by molar-refractivity contribution is 0.407. The molecule has 0 amide bonds. The molecule has 2 rings (SSSR count). The van der Waals surface area contributed by atoms with Crippen molar-refractivity contribution in [1.29, 1.82) is 0 Å². The van der Waals surface area contributed by atoms with Gasteiger partial charge in [-0.3, -0.25) is 4.98 Å². The average Bonchev–Trinajstić information content (AvgIpc) is 2.45. The van der Waals surface area contributed by atoms with E-state index in [1.807, 2.05) is 6.07 Å². The molecular weight excluding hydrogens is 236 g/mol. The van der Waals surface area contributed by atoms with Crippen molar-refractivity contribution < 1.29 is 4.74 Å². The lowest BCUT2D eigenvalue weighted by Crippen LogP contribution is -2.03. The Hall–Kier alpha value is -1.87. The molecule has 1 heterocycles. The first kappa shape index (κ1) is 13.6. The molecule has 0 atom stereocenters. The molecule has 0 saturated heterocycles. The first-order valence-electron chi connectivity index (χ1n) is 6.50. The number of rotatable bonds is 5. The fourth-order valence-corrected chi connectivity index (χ4v) is 2.15. The van der Waals surface area contributed by atoms with Crippen molar-refractivity contribution in [3.8, 4) is 5.75 Å². The van der Waals surface area contributed by atoms with Gasteiger partial charge in [0.15, 0.2) is 0 Å². The summed E-state index contributed by atoms with van der Waals surface area (Å²) in [6, 6.07) is 10.6. The molecule has 0 bridgehead atoms. The number of benzene rings is 1. The van der Waals surface area contributed by atoms with Crippen LogP contribution in [-0.4, -0.2) is 12.1 Å². The van der Waals surface area contributed by atoms with Crippen molar-refractivity contribution >= 4 is 0 Å². The average molecular weight is 256 g/mol. The second-order valence-electron chi connectivity index (χ2n) is 4.68. The summed E-state index contributed by atoms with van der Waals surface area (Å²) in [6.07, 6.45) is 3.67. The second kappa shape index (κ2) is 6.34. The summed E-state index contributed by atoms with van der Waals surface area (Å²) in [4.78, 5) is 4.42. The molecule has 1 aromatic heterocycles. The van der Waals surface area contributed by atoms with Gasteiger partial charge in [0.25, 0.3) is 0 Å². The van der Waals surface area contributed by atoms with Crippen LogP contribution >= 0.6 is 0 Å². The minimum atomic E-state index is 0.475. The summed E-state index contributed by atoms with van der Waals surface area (Å²) >= 11 is 0. The summed E-state index contributed by atoms with van der Waals surface area (Å²) < 4.78 is 5.23. The molecule has 0 spiro atoms. The Balaban J connectivity index is 2.07. The highest BCUT2D eigenvalue weighted by Crippen LogP contribution is 2.18. The third kappa shape index (κ3) is 3.55. The molecule has 0 radical (unpaired) electrons. The minimum absolute atomic E-state index is 0.475. The van der Waals surface area contributed by atoms with Gasteiger partial charge in [-0.1, -0.05) is 29.8 Å². The number of hydrogen-bond acceptors (Lipinski definition) is 3. The molecule has 1 aromatic carbocycles. The van der Waals surface area contributed by atoms with E-state index in [1.165, 1.54) is 11.1 Å². The molecule has 0 aliphatic heterocycles. The van der Waals surface area contributed by atoms with Crippen LogP contribution in [0.2, 0.25) is 0 Å². The Morgan fingerprint density at radius 1 is 1.21 bits per heavy atom. The van der Waals surface area contributed by atoms with Gasteiger partial charge in [-0.2, -0.15) is 0 Å². The van der Waals surface area contributed by atoms with Gasteiger partial charge in [0.1, 0.15) is 5.75 Å². The summed E-state index contributed by atoms with van der Waals surface area (Å²) in [5.74, 6) is 0.766. The molecule has 2 N–H and O–H groups in total. The van der Waals surface area contributed by atoms with Crippen molar-refractivity contribution in [3.63, 3.8) is 0 Å². The van der Waals surface area contributed by atoms with E-state index >= 15 is 0 Å². The number of methoxy groups -OCH3 is 1. The van der Waals surface area contributed by atoms with Crippen LogP contribution < -0.4 is 10.5 Å². The predicted molar refractivity (Wildman–Crippen MR) is 77.3 cm³/mol. The molecule has 0 saturated carbocycles. The van der Waals surface area contributed by atoms with Crippen LogP contribution in [0.3, 0.4) is 0 Å². The van der Waals surface area contributed by atoms with Crippen LogP contribution in [0.4, 0.5) is 0 Å². The molecule has 100 valence electrons. The van der Waals surface area contributed by atoms with Gasteiger partial charge >= 0.3 is 0 Å². The first-order chi connectivity index (χ1) is 9.22. The fraction of sp³-hybridized carbons (Fsp3) is 0.312. The zero-order valence-corrected chi connectivity index (χ0v) is 11.5. The summed E-state index contributed by atoms with van der Waals surface area (Å²) in [5, 5.41) is 0. The molecule has 0 fully saturated rings. The first-order valence-corrected chi connectivity index (χ1v) is 6.50. The number of aromatic nitrogens is 1. The van der Waals surface area contributed by atoms with Gasteiger partial charge in [0.05, 0.1) is 13.3 Å². The van der Waals surface area contributed by atoms with Crippen molar-refractivity contribution in [1.82, 2.24) is 4.98 Å². The zero-order valence-electron chi connectivity index (χ0n) is 11.5. The lowest BCUT2D eigenvalue weighted by atomic mass is 10.0.